The minimum absolute atomic E-state index is 0.00641. The van der Waals surface area contributed by atoms with Gasteiger partial charge in [-0.25, -0.2) is 4.79 Å². The van der Waals surface area contributed by atoms with Gasteiger partial charge in [0.05, 0.1) is 5.57 Å². The molecule has 1 heterocycles. The first-order valence-electron chi connectivity index (χ1n) is 9.26. The Bertz CT molecular complexity index is 896. The second-order valence-corrected chi connectivity index (χ2v) is 6.66. The number of benzene rings is 1. The van der Waals surface area contributed by atoms with Crippen LogP contribution in [0.3, 0.4) is 0 Å². The zero-order valence-electron chi connectivity index (χ0n) is 16.6. The van der Waals surface area contributed by atoms with Gasteiger partial charge in [0, 0.05) is 24.5 Å². The van der Waals surface area contributed by atoms with Crippen LogP contribution >= 0.6 is 0 Å². The molecule has 146 valence electrons. The molecule has 28 heavy (non-hydrogen) atoms. The molecule has 0 aliphatic carbocycles. The van der Waals surface area contributed by atoms with Crippen LogP contribution in [0.1, 0.15) is 31.4 Å². The molecule has 0 radical (unpaired) electrons. The molecule has 0 aromatic heterocycles. The van der Waals surface area contributed by atoms with Gasteiger partial charge in [0.1, 0.15) is 5.76 Å². The summed E-state index contributed by atoms with van der Waals surface area (Å²) >= 11 is 0. The molecule has 0 bridgehead atoms. The molecule has 0 atom stereocenters. The van der Waals surface area contributed by atoms with E-state index < -0.39 is 5.97 Å². The zero-order valence-corrected chi connectivity index (χ0v) is 16.6. The van der Waals surface area contributed by atoms with Crippen molar-refractivity contribution in [1.29, 1.82) is 0 Å². The summed E-state index contributed by atoms with van der Waals surface area (Å²) in [6, 6.07) is 8.31. The number of hydrogen-bond acceptors (Lipinski definition) is 3. The van der Waals surface area contributed by atoms with Crippen LogP contribution in [0, 0.1) is 6.92 Å². The van der Waals surface area contributed by atoms with Gasteiger partial charge in [-0.15, -0.1) is 0 Å². The minimum atomic E-state index is -1.11. The Hall–Kier alpha value is -3.27. The Morgan fingerprint density at radius 2 is 1.82 bits per heavy atom. The molecule has 4 heteroatoms. The van der Waals surface area contributed by atoms with Gasteiger partial charge < -0.3 is 15.1 Å². The van der Waals surface area contributed by atoms with E-state index in [9.17, 15) is 15.0 Å². The normalized spacial score (nSPS) is 15.7. The van der Waals surface area contributed by atoms with Crippen LogP contribution in [-0.4, -0.2) is 27.6 Å². The van der Waals surface area contributed by atoms with E-state index in [-0.39, 0.29) is 16.9 Å². The lowest BCUT2D eigenvalue weighted by Gasteiger charge is -2.24. The highest BCUT2D eigenvalue weighted by Crippen LogP contribution is 2.24. The topological polar surface area (TPSA) is 60.8 Å². The average molecular weight is 377 g/mol. The van der Waals surface area contributed by atoms with Crippen molar-refractivity contribution in [3.05, 3.63) is 101 Å². The number of aryl methyl sites for hydroxylation is 1. The van der Waals surface area contributed by atoms with Gasteiger partial charge in [0.15, 0.2) is 0 Å². The Labute approximate surface area is 166 Å². The standard InChI is InChI=1S/C24H27NO3/c1-5-7-21(14-25-15-22(24(27)28)18(4)23(26)16-25)20(6-2)13-12-19-10-8-17(3)9-11-19/h5,7-13,15-16,26H,4,6,14H2,1-3H3,(H,27,28)/b7-5-,13-12+,21-20-. The summed E-state index contributed by atoms with van der Waals surface area (Å²) in [7, 11) is 0. The molecular weight excluding hydrogens is 350 g/mol. The molecule has 1 aromatic carbocycles. The number of carbonyl (C=O) groups is 1. The molecule has 2 N–H and O–H groups in total. The number of aliphatic carboxylic acids is 1. The van der Waals surface area contributed by atoms with E-state index in [4.69, 9.17) is 0 Å². The average Bonchev–Trinajstić information content (AvgIpc) is 2.66. The molecule has 0 unspecified atom stereocenters. The van der Waals surface area contributed by atoms with E-state index in [0.29, 0.717) is 6.54 Å². The number of rotatable bonds is 7. The lowest BCUT2D eigenvalue weighted by molar-refractivity contribution is -0.132. The second kappa shape index (κ2) is 9.60. The summed E-state index contributed by atoms with van der Waals surface area (Å²) in [6.45, 7) is 10.2. The number of carboxylic acids is 1. The van der Waals surface area contributed by atoms with E-state index in [1.54, 1.807) is 4.90 Å². The van der Waals surface area contributed by atoms with Gasteiger partial charge in [0.2, 0.25) is 0 Å². The zero-order chi connectivity index (χ0) is 20.7. The fraction of sp³-hybridized carbons (Fsp3) is 0.208. The molecule has 1 aromatic rings. The summed E-state index contributed by atoms with van der Waals surface area (Å²) in [5.74, 6) is -1.24. The monoisotopic (exact) mass is 377 g/mol. The van der Waals surface area contributed by atoms with Crippen LogP contribution < -0.4 is 0 Å². The van der Waals surface area contributed by atoms with E-state index in [1.165, 1.54) is 18.0 Å². The number of nitrogens with zero attached hydrogens (tertiary/aromatic N) is 1. The van der Waals surface area contributed by atoms with Gasteiger partial charge in [0.25, 0.3) is 0 Å². The summed E-state index contributed by atoms with van der Waals surface area (Å²) < 4.78 is 0. The van der Waals surface area contributed by atoms with Crippen LogP contribution in [0.2, 0.25) is 0 Å². The Morgan fingerprint density at radius 1 is 1.14 bits per heavy atom. The summed E-state index contributed by atoms with van der Waals surface area (Å²) in [5.41, 5.74) is 4.64. The van der Waals surface area contributed by atoms with Gasteiger partial charge in [-0.05, 0) is 37.0 Å². The predicted octanol–water partition coefficient (Wildman–Crippen LogP) is 5.53. The van der Waals surface area contributed by atoms with Crippen LogP contribution in [0.5, 0.6) is 0 Å². The molecule has 0 saturated heterocycles. The molecule has 1 aliphatic heterocycles. The summed E-state index contributed by atoms with van der Waals surface area (Å²) in [6.07, 6.45) is 12.0. The fourth-order valence-electron chi connectivity index (χ4n) is 2.92. The van der Waals surface area contributed by atoms with Crippen LogP contribution in [0.4, 0.5) is 0 Å². The molecule has 0 spiro atoms. The van der Waals surface area contributed by atoms with Gasteiger partial charge >= 0.3 is 5.97 Å². The van der Waals surface area contributed by atoms with Crippen molar-refractivity contribution in [2.75, 3.05) is 6.54 Å². The third-order valence-corrected chi connectivity index (χ3v) is 4.52. The Morgan fingerprint density at radius 3 is 2.39 bits per heavy atom. The lowest BCUT2D eigenvalue weighted by Crippen LogP contribution is -2.22. The molecular formula is C24H27NO3. The smallest absolute Gasteiger partial charge is 0.337 e. The summed E-state index contributed by atoms with van der Waals surface area (Å²) in [5, 5.41) is 19.4. The first-order valence-corrected chi connectivity index (χ1v) is 9.26. The van der Waals surface area contributed by atoms with Crippen molar-refractivity contribution in [3.63, 3.8) is 0 Å². The highest BCUT2D eigenvalue weighted by Gasteiger charge is 2.21. The highest BCUT2D eigenvalue weighted by molar-refractivity contribution is 5.93. The van der Waals surface area contributed by atoms with Gasteiger partial charge in [-0.2, -0.15) is 0 Å². The minimum Gasteiger partial charge on any atom is -0.506 e. The maximum absolute atomic E-state index is 11.4. The van der Waals surface area contributed by atoms with Crippen LogP contribution in [-0.2, 0) is 4.79 Å². The van der Waals surface area contributed by atoms with E-state index in [2.05, 4.69) is 56.8 Å². The Balaban J connectivity index is 2.34. The number of allylic oxidation sites excluding steroid dienone is 4. The number of hydrogen-bond donors (Lipinski definition) is 2. The largest absolute Gasteiger partial charge is 0.506 e. The van der Waals surface area contributed by atoms with Crippen LogP contribution in [0.15, 0.2) is 89.5 Å². The molecule has 0 saturated carbocycles. The van der Waals surface area contributed by atoms with Crippen molar-refractivity contribution in [2.24, 2.45) is 0 Å². The molecule has 1 aliphatic rings. The van der Waals surface area contributed by atoms with E-state index in [0.717, 1.165) is 23.1 Å². The highest BCUT2D eigenvalue weighted by atomic mass is 16.4. The number of carboxylic acid groups (broad SMARTS) is 1. The number of aliphatic hydroxyl groups excluding tert-OH is 1. The first kappa shape index (κ1) is 21.0. The van der Waals surface area contributed by atoms with Crippen molar-refractivity contribution < 1.29 is 15.0 Å². The fourth-order valence-corrected chi connectivity index (χ4v) is 2.92. The van der Waals surface area contributed by atoms with Crippen molar-refractivity contribution >= 4 is 12.0 Å². The van der Waals surface area contributed by atoms with E-state index >= 15 is 0 Å². The molecule has 2 rings (SSSR count). The summed E-state index contributed by atoms with van der Waals surface area (Å²) in [4.78, 5) is 13.1. The van der Waals surface area contributed by atoms with Gasteiger partial charge in [-0.1, -0.05) is 67.6 Å². The van der Waals surface area contributed by atoms with Crippen LogP contribution in [0.25, 0.3) is 6.08 Å². The van der Waals surface area contributed by atoms with Crippen molar-refractivity contribution in [1.82, 2.24) is 4.90 Å². The molecule has 0 amide bonds. The first-order chi connectivity index (χ1) is 13.3. The third-order valence-electron chi connectivity index (χ3n) is 4.52. The molecule has 4 nitrogen and oxygen atoms in total. The predicted molar refractivity (Wildman–Crippen MR) is 115 cm³/mol. The molecule has 0 fully saturated rings. The third kappa shape index (κ3) is 5.36. The van der Waals surface area contributed by atoms with Crippen molar-refractivity contribution in [2.45, 2.75) is 27.2 Å². The number of aliphatic hydroxyl groups is 1. The maximum atomic E-state index is 11.4. The quantitative estimate of drug-likeness (QED) is 0.613. The maximum Gasteiger partial charge on any atom is 0.337 e. The lowest BCUT2D eigenvalue weighted by atomic mass is 10.0. The van der Waals surface area contributed by atoms with Crippen molar-refractivity contribution in [3.8, 4) is 0 Å². The Kier molecular flexibility index (Phi) is 7.21. The van der Waals surface area contributed by atoms with Gasteiger partial charge in [-0.3, -0.25) is 0 Å². The van der Waals surface area contributed by atoms with E-state index in [1.807, 2.05) is 19.1 Å². The SMILES string of the molecule is C=C1C(O)=CN(CC(/C=C\C)=C(\C=C\c2ccc(C)cc2)CC)C=C1C(=O)O. The second-order valence-electron chi connectivity index (χ2n) is 6.66.